The number of carbonyl (C=O) groups is 1. The van der Waals surface area contributed by atoms with E-state index in [2.05, 4.69) is 0 Å². The maximum Gasteiger partial charge on any atom is 0.267 e. The van der Waals surface area contributed by atoms with E-state index >= 15 is 0 Å². The van der Waals surface area contributed by atoms with Gasteiger partial charge in [-0.2, -0.15) is 0 Å². The number of aryl methyl sites for hydroxylation is 2. The standard InChI is InChI=1S/C20H21N3O3S2/c1-13-14(2)28-18-17(13)19(25)23(15-6-4-3-5-7-15)20(21-18)27-11-9-22-8-10-26-12-16(22)24/h3-7H,8-12H2,1-2H3. The van der Waals surface area contributed by atoms with Crippen LogP contribution in [-0.4, -0.2) is 52.4 Å². The van der Waals surface area contributed by atoms with Crippen molar-refractivity contribution in [2.45, 2.75) is 19.0 Å². The molecule has 0 unspecified atom stereocenters. The Bertz CT molecular complexity index is 1080. The lowest BCUT2D eigenvalue weighted by molar-refractivity contribution is -0.142. The molecule has 0 spiro atoms. The van der Waals surface area contributed by atoms with Crippen molar-refractivity contribution in [3.63, 3.8) is 0 Å². The second kappa shape index (κ2) is 8.06. The van der Waals surface area contributed by atoms with Crippen molar-refractivity contribution in [3.8, 4) is 5.69 Å². The summed E-state index contributed by atoms with van der Waals surface area (Å²) in [4.78, 5) is 33.8. The zero-order chi connectivity index (χ0) is 19.7. The van der Waals surface area contributed by atoms with E-state index < -0.39 is 0 Å². The molecule has 0 radical (unpaired) electrons. The molecule has 3 heterocycles. The first kappa shape index (κ1) is 19.2. The van der Waals surface area contributed by atoms with Crippen molar-refractivity contribution in [1.82, 2.24) is 14.5 Å². The molecule has 1 amide bonds. The number of nitrogens with zero attached hydrogens (tertiary/aromatic N) is 3. The number of thiophene rings is 1. The van der Waals surface area contributed by atoms with E-state index in [9.17, 15) is 9.59 Å². The van der Waals surface area contributed by atoms with Gasteiger partial charge in [0, 0.05) is 23.7 Å². The minimum atomic E-state index is -0.0389. The highest BCUT2D eigenvalue weighted by Gasteiger charge is 2.20. The summed E-state index contributed by atoms with van der Waals surface area (Å²) in [5.41, 5.74) is 1.76. The van der Waals surface area contributed by atoms with Gasteiger partial charge in [-0.15, -0.1) is 11.3 Å². The number of para-hydroxylation sites is 1. The van der Waals surface area contributed by atoms with Gasteiger partial charge in [-0.05, 0) is 31.5 Å². The van der Waals surface area contributed by atoms with Crippen LogP contribution >= 0.6 is 23.1 Å². The number of rotatable bonds is 5. The number of morpholine rings is 1. The van der Waals surface area contributed by atoms with Crippen LogP contribution in [0.2, 0.25) is 0 Å². The zero-order valence-corrected chi connectivity index (χ0v) is 17.4. The lowest BCUT2D eigenvalue weighted by atomic mass is 10.2. The van der Waals surface area contributed by atoms with Crippen LogP contribution in [0.3, 0.4) is 0 Å². The van der Waals surface area contributed by atoms with E-state index in [1.165, 1.54) is 11.8 Å². The van der Waals surface area contributed by atoms with Crippen molar-refractivity contribution < 1.29 is 9.53 Å². The van der Waals surface area contributed by atoms with Crippen LogP contribution in [0.4, 0.5) is 0 Å². The summed E-state index contributed by atoms with van der Waals surface area (Å²) in [5, 5.41) is 1.35. The zero-order valence-electron chi connectivity index (χ0n) is 15.8. The fourth-order valence-electron chi connectivity index (χ4n) is 3.21. The summed E-state index contributed by atoms with van der Waals surface area (Å²) < 4.78 is 6.86. The summed E-state index contributed by atoms with van der Waals surface area (Å²) in [6.07, 6.45) is 0. The van der Waals surface area contributed by atoms with E-state index in [-0.39, 0.29) is 18.1 Å². The summed E-state index contributed by atoms with van der Waals surface area (Å²) in [6, 6.07) is 9.59. The number of ether oxygens (including phenoxy) is 1. The van der Waals surface area contributed by atoms with Crippen LogP contribution in [0.5, 0.6) is 0 Å². The molecule has 2 aromatic heterocycles. The number of aromatic nitrogens is 2. The number of amides is 1. The van der Waals surface area contributed by atoms with Gasteiger partial charge >= 0.3 is 0 Å². The van der Waals surface area contributed by atoms with Crippen molar-refractivity contribution >= 4 is 39.2 Å². The number of hydrogen-bond acceptors (Lipinski definition) is 6. The first-order valence-corrected chi connectivity index (χ1v) is 10.9. The van der Waals surface area contributed by atoms with E-state index in [0.717, 1.165) is 21.0 Å². The van der Waals surface area contributed by atoms with E-state index in [4.69, 9.17) is 9.72 Å². The largest absolute Gasteiger partial charge is 0.370 e. The summed E-state index contributed by atoms with van der Waals surface area (Å²) in [5.74, 6) is 0.681. The molecule has 3 aromatic rings. The highest BCUT2D eigenvalue weighted by Crippen LogP contribution is 2.29. The number of thioether (sulfide) groups is 1. The third kappa shape index (κ3) is 3.59. The molecule has 1 aliphatic rings. The van der Waals surface area contributed by atoms with Crippen molar-refractivity contribution in [2.75, 3.05) is 32.1 Å². The minimum Gasteiger partial charge on any atom is -0.370 e. The van der Waals surface area contributed by atoms with Gasteiger partial charge in [0.15, 0.2) is 5.16 Å². The van der Waals surface area contributed by atoms with Crippen molar-refractivity contribution in [3.05, 3.63) is 51.1 Å². The molecule has 6 nitrogen and oxygen atoms in total. The van der Waals surface area contributed by atoms with E-state index in [1.54, 1.807) is 20.8 Å². The topological polar surface area (TPSA) is 64.4 Å². The monoisotopic (exact) mass is 415 g/mol. The minimum absolute atomic E-state index is 0.0141. The van der Waals surface area contributed by atoms with Crippen LogP contribution in [0.15, 0.2) is 40.3 Å². The number of carbonyl (C=O) groups excluding carboxylic acids is 1. The molecule has 146 valence electrons. The molecule has 1 aliphatic heterocycles. The molecular formula is C20H21N3O3S2. The predicted molar refractivity (Wildman–Crippen MR) is 113 cm³/mol. The van der Waals surface area contributed by atoms with Crippen molar-refractivity contribution in [1.29, 1.82) is 0 Å². The molecule has 1 aromatic carbocycles. The Hall–Kier alpha value is -2.16. The number of fused-ring (bicyclic) bond motifs is 1. The van der Waals surface area contributed by atoms with Crippen LogP contribution in [-0.2, 0) is 9.53 Å². The van der Waals surface area contributed by atoms with E-state index in [1.807, 2.05) is 44.2 Å². The van der Waals surface area contributed by atoms with Gasteiger partial charge in [0.2, 0.25) is 5.91 Å². The molecule has 0 bridgehead atoms. The van der Waals surface area contributed by atoms with Crippen LogP contribution in [0, 0.1) is 13.8 Å². The highest BCUT2D eigenvalue weighted by atomic mass is 32.2. The number of hydrogen-bond donors (Lipinski definition) is 0. The molecule has 0 atom stereocenters. The maximum absolute atomic E-state index is 13.3. The van der Waals surface area contributed by atoms with Crippen LogP contribution < -0.4 is 5.56 Å². The normalized spacial score (nSPS) is 14.8. The molecule has 0 N–H and O–H groups in total. The van der Waals surface area contributed by atoms with Gasteiger partial charge in [0.1, 0.15) is 11.4 Å². The lowest BCUT2D eigenvalue weighted by Gasteiger charge is -2.26. The van der Waals surface area contributed by atoms with Crippen LogP contribution in [0.1, 0.15) is 10.4 Å². The average Bonchev–Trinajstić information content (AvgIpc) is 2.98. The van der Waals surface area contributed by atoms with E-state index in [0.29, 0.717) is 36.0 Å². The van der Waals surface area contributed by atoms with Gasteiger partial charge in [-0.25, -0.2) is 4.98 Å². The van der Waals surface area contributed by atoms with Gasteiger partial charge in [-0.1, -0.05) is 30.0 Å². The molecule has 4 rings (SSSR count). The fourth-order valence-corrected chi connectivity index (χ4v) is 5.26. The summed E-state index contributed by atoms with van der Waals surface area (Å²) in [6.45, 7) is 5.94. The summed E-state index contributed by atoms with van der Waals surface area (Å²) >= 11 is 3.06. The van der Waals surface area contributed by atoms with Crippen molar-refractivity contribution in [2.24, 2.45) is 0 Å². The van der Waals surface area contributed by atoms with Gasteiger partial charge < -0.3 is 9.64 Å². The molecule has 0 aliphatic carbocycles. The Kier molecular flexibility index (Phi) is 5.52. The second-order valence-corrected chi connectivity index (χ2v) is 8.88. The fraction of sp³-hybridized carbons (Fsp3) is 0.350. The molecular weight excluding hydrogens is 394 g/mol. The Balaban J connectivity index is 1.70. The molecule has 28 heavy (non-hydrogen) atoms. The Morgan fingerprint density at radius 3 is 2.75 bits per heavy atom. The quantitative estimate of drug-likeness (QED) is 0.473. The smallest absolute Gasteiger partial charge is 0.267 e. The maximum atomic E-state index is 13.3. The lowest BCUT2D eigenvalue weighted by Crippen LogP contribution is -2.42. The van der Waals surface area contributed by atoms with Gasteiger partial charge in [-0.3, -0.25) is 14.2 Å². The summed E-state index contributed by atoms with van der Waals surface area (Å²) in [7, 11) is 0. The highest BCUT2D eigenvalue weighted by molar-refractivity contribution is 7.99. The Morgan fingerprint density at radius 1 is 1.21 bits per heavy atom. The molecule has 1 fully saturated rings. The SMILES string of the molecule is Cc1sc2nc(SCCN3CCOCC3=O)n(-c3ccccc3)c(=O)c2c1C. The Labute approximate surface area is 171 Å². The molecule has 0 saturated carbocycles. The molecule has 8 heteroatoms. The van der Waals surface area contributed by atoms with Crippen LogP contribution in [0.25, 0.3) is 15.9 Å². The van der Waals surface area contributed by atoms with Gasteiger partial charge in [0.05, 0.1) is 17.7 Å². The third-order valence-corrected chi connectivity index (χ3v) is 6.88. The Morgan fingerprint density at radius 2 is 2.00 bits per heavy atom. The molecule has 1 saturated heterocycles. The average molecular weight is 416 g/mol. The van der Waals surface area contributed by atoms with Gasteiger partial charge in [0.25, 0.3) is 5.56 Å². The predicted octanol–water partition coefficient (Wildman–Crippen LogP) is 3.01. The number of benzene rings is 1. The second-order valence-electron chi connectivity index (χ2n) is 6.62. The first-order valence-electron chi connectivity index (χ1n) is 9.12. The third-order valence-electron chi connectivity index (χ3n) is 4.86. The first-order chi connectivity index (χ1) is 13.6.